The minimum atomic E-state index is -0.498. The average molecular weight is 358 g/mol. The Morgan fingerprint density at radius 1 is 1.15 bits per heavy atom. The fraction of sp³-hybridized carbons (Fsp3) is 0.350. The zero-order valence-electron chi connectivity index (χ0n) is 14.9. The molecular formula is C20H22O6. The highest BCUT2D eigenvalue weighted by atomic mass is 16.5. The maximum absolute atomic E-state index is 12.2. The van der Waals surface area contributed by atoms with E-state index in [1.165, 1.54) is 25.3 Å². The Labute approximate surface area is 152 Å². The first-order valence-corrected chi connectivity index (χ1v) is 8.45. The quantitative estimate of drug-likeness (QED) is 0.604. The van der Waals surface area contributed by atoms with Crippen molar-refractivity contribution < 1.29 is 28.8 Å². The van der Waals surface area contributed by atoms with Gasteiger partial charge < -0.3 is 24.1 Å². The molecule has 2 aromatic carbocycles. The summed E-state index contributed by atoms with van der Waals surface area (Å²) in [6, 6.07) is 11.2. The summed E-state index contributed by atoms with van der Waals surface area (Å²) >= 11 is 0. The van der Waals surface area contributed by atoms with Crippen molar-refractivity contribution in [1.29, 1.82) is 0 Å². The molecule has 1 N–H and O–H groups in total. The van der Waals surface area contributed by atoms with Crippen LogP contribution < -0.4 is 14.2 Å². The first kappa shape index (κ1) is 18.1. The van der Waals surface area contributed by atoms with Crippen molar-refractivity contribution in [2.24, 2.45) is 5.41 Å². The van der Waals surface area contributed by atoms with E-state index in [2.05, 4.69) is 6.92 Å². The molecule has 0 aliphatic carbocycles. The number of methoxy groups -OCH3 is 1. The van der Waals surface area contributed by atoms with E-state index < -0.39 is 5.97 Å². The number of esters is 1. The number of carbonyl (C=O) groups is 1. The van der Waals surface area contributed by atoms with Gasteiger partial charge in [-0.25, -0.2) is 4.79 Å². The number of ether oxygens (including phenoxy) is 4. The third-order valence-electron chi connectivity index (χ3n) is 4.56. The van der Waals surface area contributed by atoms with E-state index in [9.17, 15) is 9.90 Å². The molecule has 3 rings (SSSR count). The molecule has 0 aromatic heterocycles. The molecule has 2 aromatic rings. The van der Waals surface area contributed by atoms with Crippen LogP contribution in [-0.4, -0.2) is 38.0 Å². The first-order valence-electron chi connectivity index (χ1n) is 8.45. The lowest BCUT2D eigenvalue weighted by Gasteiger charge is -2.40. The van der Waals surface area contributed by atoms with Gasteiger partial charge in [-0.2, -0.15) is 0 Å². The van der Waals surface area contributed by atoms with Crippen LogP contribution in [0.1, 0.15) is 23.7 Å². The van der Waals surface area contributed by atoms with E-state index in [-0.39, 0.29) is 16.9 Å². The van der Waals surface area contributed by atoms with Crippen molar-refractivity contribution in [3.8, 4) is 23.0 Å². The fourth-order valence-corrected chi connectivity index (χ4v) is 2.59. The van der Waals surface area contributed by atoms with Gasteiger partial charge in [0, 0.05) is 6.07 Å². The van der Waals surface area contributed by atoms with Gasteiger partial charge >= 0.3 is 5.97 Å². The number of aromatic hydroxyl groups is 1. The Hall–Kier alpha value is -2.73. The topological polar surface area (TPSA) is 74.2 Å². The second-order valence-electron chi connectivity index (χ2n) is 6.38. The van der Waals surface area contributed by atoms with Crippen molar-refractivity contribution >= 4 is 5.97 Å². The Kier molecular flexibility index (Phi) is 5.32. The predicted octanol–water partition coefficient (Wildman–Crippen LogP) is 3.43. The third kappa shape index (κ3) is 3.91. The molecule has 6 nitrogen and oxygen atoms in total. The van der Waals surface area contributed by atoms with E-state index >= 15 is 0 Å². The van der Waals surface area contributed by atoms with Crippen LogP contribution in [0.2, 0.25) is 0 Å². The lowest BCUT2D eigenvalue weighted by molar-refractivity contribution is -0.133. The zero-order valence-corrected chi connectivity index (χ0v) is 14.9. The van der Waals surface area contributed by atoms with Gasteiger partial charge in [-0.3, -0.25) is 0 Å². The molecule has 0 unspecified atom stereocenters. The van der Waals surface area contributed by atoms with E-state index in [0.29, 0.717) is 23.7 Å². The number of hydrogen-bond donors (Lipinski definition) is 1. The molecule has 1 aliphatic heterocycles. The van der Waals surface area contributed by atoms with Crippen molar-refractivity contribution in [1.82, 2.24) is 0 Å². The molecule has 0 bridgehead atoms. The lowest BCUT2D eigenvalue weighted by atomic mass is 9.84. The summed E-state index contributed by atoms with van der Waals surface area (Å²) in [5, 5.41) is 9.58. The molecule has 1 aliphatic rings. The van der Waals surface area contributed by atoms with Crippen LogP contribution in [0.3, 0.4) is 0 Å². The van der Waals surface area contributed by atoms with Crippen LogP contribution in [-0.2, 0) is 4.74 Å². The van der Waals surface area contributed by atoms with Crippen LogP contribution >= 0.6 is 0 Å². The van der Waals surface area contributed by atoms with E-state index in [0.717, 1.165) is 19.6 Å². The van der Waals surface area contributed by atoms with Crippen LogP contribution in [0.15, 0.2) is 42.5 Å². The molecule has 138 valence electrons. The van der Waals surface area contributed by atoms with Gasteiger partial charge in [0.1, 0.15) is 11.5 Å². The molecule has 0 spiro atoms. The SMILES string of the molecule is CCC1(COc2ccc(C(=O)Oc3ccc(O)c(OC)c3)cc2)COC1. The summed E-state index contributed by atoms with van der Waals surface area (Å²) in [4.78, 5) is 12.2. The van der Waals surface area contributed by atoms with Gasteiger partial charge in [0.25, 0.3) is 0 Å². The van der Waals surface area contributed by atoms with Crippen molar-refractivity contribution in [3.05, 3.63) is 48.0 Å². The highest BCUT2D eigenvalue weighted by Crippen LogP contribution is 2.32. The van der Waals surface area contributed by atoms with Gasteiger partial charge in [-0.1, -0.05) is 6.92 Å². The lowest BCUT2D eigenvalue weighted by Crippen LogP contribution is -2.46. The number of hydrogen-bond acceptors (Lipinski definition) is 6. The normalized spacial score (nSPS) is 15.0. The number of phenols is 1. The first-order chi connectivity index (χ1) is 12.5. The highest BCUT2D eigenvalue weighted by molar-refractivity contribution is 5.91. The van der Waals surface area contributed by atoms with E-state index in [4.69, 9.17) is 18.9 Å². The molecule has 0 atom stereocenters. The molecule has 1 heterocycles. The maximum atomic E-state index is 12.2. The second-order valence-corrected chi connectivity index (χ2v) is 6.38. The minimum absolute atomic E-state index is 0.0180. The van der Waals surface area contributed by atoms with Crippen molar-refractivity contribution in [2.75, 3.05) is 26.9 Å². The van der Waals surface area contributed by atoms with Gasteiger partial charge in [-0.05, 0) is 42.8 Å². The number of rotatable bonds is 7. The molecule has 1 saturated heterocycles. The van der Waals surface area contributed by atoms with Crippen LogP contribution in [0.4, 0.5) is 0 Å². The monoisotopic (exact) mass is 358 g/mol. The number of carbonyl (C=O) groups excluding carboxylic acids is 1. The average Bonchev–Trinajstić information content (AvgIpc) is 2.63. The van der Waals surface area contributed by atoms with Crippen molar-refractivity contribution in [2.45, 2.75) is 13.3 Å². The largest absolute Gasteiger partial charge is 0.504 e. The smallest absolute Gasteiger partial charge is 0.343 e. The van der Waals surface area contributed by atoms with E-state index in [1.54, 1.807) is 24.3 Å². The summed E-state index contributed by atoms with van der Waals surface area (Å²) < 4.78 is 21.4. The fourth-order valence-electron chi connectivity index (χ4n) is 2.59. The van der Waals surface area contributed by atoms with Crippen LogP contribution in [0.5, 0.6) is 23.0 Å². The van der Waals surface area contributed by atoms with E-state index in [1.807, 2.05) is 0 Å². The maximum Gasteiger partial charge on any atom is 0.343 e. The van der Waals surface area contributed by atoms with Gasteiger partial charge in [0.15, 0.2) is 11.5 Å². The van der Waals surface area contributed by atoms with Gasteiger partial charge in [0.2, 0.25) is 0 Å². The molecular weight excluding hydrogens is 336 g/mol. The third-order valence-corrected chi connectivity index (χ3v) is 4.56. The molecule has 0 radical (unpaired) electrons. The second kappa shape index (κ2) is 7.66. The summed E-state index contributed by atoms with van der Waals surface area (Å²) in [5.41, 5.74) is 0.511. The van der Waals surface area contributed by atoms with Gasteiger partial charge in [-0.15, -0.1) is 0 Å². The summed E-state index contributed by atoms with van der Waals surface area (Å²) in [7, 11) is 1.43. The Morgan fingerprint density at radius 3 is 2.42 bits per heavy atom. The van der Waals surface area contributed by atoms with Crippen LogP contribution in [0.25, 0.3) is 0 Å². The standard InChI is InChI=1S/C20H22O6/c1-3-20(11-24-12-20)13-25-15-6-4-14(5-7-15)19(22)26-16-8-9-17(21)18(10-16)23-2/h4-10,21H,3,11-13H2,1-2H3. The van der Waals surface area contributed by atoms with Crippen molar-refractivity contribution in [3.63, 3.8) is 0 Å². The predicted molar refractivity (Wildman–Crippen MR) is 95.1 cm³/mol. The Bertz CT molecular complexity index is 759. The molecule has 26 heavy (non-hydrogen) atoms. The Balaban J connectivity index is 1.60. The van der Waals surface area contributed by atoms with Gasteiger partial charge in [0.05, 0.1) is 37.9 Å². The number of phenolic OH excluding ortho intramolecular Hbond substituents is 1. The molecule has 0 saturated carbocycles. The summed E-state index contributed by atoms with van der Waals surface area (Å²) in [5.74, 6) is 0.716. The highest BCUT2D eigenvalue weighted by Gasteiger charge is 2.37. The molecule has 0 amide bonds. The summed E-state index contributed by atoms with van der Waals surface area (Å²) in [6.07, 6.45) is 1.01. The number of benzene rings is 2. The Morgan fingerprint density at radius 2 is 1.85 bits per heavy atom. The molecule has 1 fully saturated rings. The minimum Gasteiger partial charge on any atom is -0.504 e. The summed E-state index contributed by atoms with van der Waals surface area (Å²) in [6.45, 7) is 4.18. The molecule has 6 heteroatoms. The zero-order chi connectivity index (χ0) is 18.6. The van der Waals surface area contributed by atoms with Crippen LogP contribution in [0, 0.1) is 5.41 Å².